The van der Waals surface area contributed by atoms with Crippen LogP contribution in [0.4, 0.5) is 14.5 Å². The summed E-state index contributed by atoms with van der Waals surface area (Å²) < 4.78 is 28.0. The van der Waals surface area contributed by atoms with Gasteiger partial charge in [-0.15, -0.1) is 0 Å². The topological polar surface area (TPSA) is 96.2 Å². The van der Waals surface area contributed by atoms with Crippen LogP contribution in [-0.4, -0.2) is 38.3 Å². The summed E-state index contributed by atoms with van der Waals surface area (Å²) in [5.74, 6) is -2.49. The van der Waals surface area contributed by atoms with Gasteiger partial charge >= 0.3 is 0 Å². The van der Waals surface area contributed by atoms with Crippen LogP contribution in [0.15, 0.2) is 29.6 Å². The fourth-order valence-corrected chi connectivity index (χ4v) is 3.02. The summed E-state index contributed by atoms with van der Waals surface area (Å²) in [7, 11) is 0. The second-order valence-corrected chi connectivity index (χ2v) is 6.90. The van der Waals surface area contributed by atoms with Gasteiger partial charge in [-0.1, -0.05) is 11.8 Å². The molecule has 146 valence electrons. The largest absolute Gasteiger partial charge is 0.390 e. The monoisotopic (exact) mass is 398 g/mol. The van der Waals surface area contributed by atoms with Gasteiger partial charge in [-0.3, -0.25) is 9.59 Å². The third kappa shape index (κ3) is 6.04. The predicted octanol–water partition coefficient (Wildman–Crippen LogP) is 1.91. The van der Waals surface area contributed by atoms with Crippen LogP contribution in [0.1, 0.15) is 19.5 Å². The van der Waals surface area contributed by atoms with Gasteiger partial charge in [0.05, 0.1) is 29.9 Å². The van der Waals surface area contributed by atoms with Crippen LogP contribution < -0.4 is 10.6 Å². The average Bonchev–Trinajstić information content (AvgIpc) is 2.96. The van der Waals surface area contributed by atoms with E-state index in [0.717, 1.165) is 23.9 Å². The maximum atomic E-state index is 13.6. The second kappa shape index (κ2) is 9.47. The molecule has 0 aliphatic rings. The molecule has 1 aromatic heterocycles. The normalized spacial score (nSPS) is 10.9. The van der Waals surface area contributed by atoms with Crippen molar-refractivity contribution in [3.8, 4) is 0 Å². The number of nitrogens with zero attached hydrogens (tertiary/aromatic N) is 2. The van der Waals surface area contributed by atoms with E-state index in [2.05, 4.69) is 15.6 Å². The number of rotatable bonds is 8. The number of imidazole rings is 1. The first-order chi connectivity index (χ1) is 12.8. The van der Waals surface area contributed by atoms with E-state index < -0.39 is 17.5 Å². The first kappa shape index (κ1) is 20.8. The SMILES string of the molecule is CC(C)NC(=O)Cn1c(CO)cnc1SCC(=O)Nc1ccc(F)cc1F. The Labute approximate surface area is 159 Å². The molecule has 0 spiro atoms. The van der Waals surface area contributed by atoms with Gasteiger partial charge in [0.1, 0.15) is 18.2 Å². The lowest BCUT2D eigenvalue weighted by Gasteiger charge is -2.13. The molecule has 10 heteroatoms. The van der Waals surface area contributed by atoms with Gasteiger partial charge < -0.3 is 20.3 Å². The Morgan fingerprint density at radius 2 is 2.04 bits per heavy atom. The van der Waals surface area contributed by atoms with Crippen LogP contribution in [-0.2, 0) is 22.7 Å². The number of carbonyl (C=O) groups is 2. The van der Waals surface area contributed by atoms with E-state index in [9.17, 15) is 23.5 Å². The summed E-state index contributed by atoms with van der Waals surface area (Å²) in [5.41, 5.74) is 0.305. The van der Waals surface area contributed by atoms with E-state index in [1.807, 2.05) is 13.8 Å². The van der Waals surface area contributed by atoms with E-state index in [0.29, 0.717) is 16.9 Å². The summed E-state index contributed by atoms with van der Waals surface area (Å²) in [6.07, 6.45) is 1.42. The van der Waals surface area contributed by atoms with Gasteiger partial charge in [-0.05, 0) is 26.0 Å². The number of anilines is 1. The number of carbonyl (C=O) groups excluding carboxylic acids is 2. The summed E-state index contributed by atoms with van der Waals surface area (Å²) in [5, 5.41) is 14.9. The highest BCUT2D eigenvalue weighted by atomic mass is 32.2. The van der Waals surface area contributed by atoms with Gasteiger partial charge in [-0.25, -0.2) is 13.8 Å². The van der Waals surface area contributed by atoms with Crippen LogP contribution in [0, 0.1) is 11.6 Å². The van der Waals surface area contributed by atoms with Gasteiger partial charge in [0.25, 0.3) is 0 Å². The Balaban J connectivity index is 2.01. The van der Waals surface area contributed by atoms with Crippen molar-refractivity contribution >= 4 is 29.3 Å². The average molecular weight is 398 g/mol. The Morgan fingerprint density at radius 3 is 2.67 bits per heavy atom. The van der Waals surface area contributed by atoms with Crippen LogP contribution >= 0.6 is 11.8 Å². The van der Waals surface area contributed by atoms with Crippen molar-refractivity contribution in [3.05, 3.63) is 41.7 Å². The molecule has 0 radical (unpaired) electrons. The van der Waals surface area contributed by atoms with E-state index in [4.69, 9.17) is 0 Å². The summed E-state index contributed by atoms with van der Waals surface area (Å²) in [4.78, 5) is 28.1. The number of nitrogens with one attached hydrogen (secondary N) is 2. The minimum atomic E-state index is -0.872. The number of hydrogen-bond acceptors (Lipinski definition) is 5. The molecule has 2 rings (SSSR count). The molecular formula is C17H20F2N4O3S. The van der Waals surface area contributed by atoms with Crippen molar-refractivity contribution in [3.63, 3.8) is 0 Å². The number of aliphatic hydroxyl groups is 1. The summed E-state index contributed by atoms with van der Waals surface area (Å²) >= 11 is 1.03. The molecule has 27 heavy (non-hydrogen) atoms. The van der Waals surface area contributed by atoms with Crippen molar-refractivity contribution in [2.24, 2.45) is 0 Å². The Kier molecular flexibility index (Phi) is 7.31. The molecule has 0 fully saturated rings. The first-order valence-corrected chi connectivity index (χ1v) is 9.11. The summed E-state index contributed by atoms with van der Waals surface area (Å²) in [6.45, 7) is 3.29. The smallest absolute Gasteiger partial charge is 0.240 e. The fourth-order valence-electron chi connectivity index (χ4n) is 2.22. The molecule has 0 aliphatic carbocycles. The zero-order chi connectivity index (χ0) is 20.0. The maximum Gasteiger partial charge on any atom is 0.240 e. The Morgan fingerprint density at radius 1 is 1.30 bits per heavy atom. The first-order valence-electron chi connectivity index (χ1n) is 8.12. The minimum Gasteiger partial charge on any atom is -0.390 e. The molecule has 0 bridgehead atoms. The zero-order valence-corrected chi connectivity index (χ0v) is 15.6. The molecule has 7 nitrogen and oxygen atoms in total. The number of aliphatic hydroxyl groups excluding tert-OH is 1. The number of hydrogen-bond donors (Lipinski definition) is 3. The van der Waals surface area contributed by atoms with Crippen molar-refractivity contribution in [2.75, 3.05) is 11.1 Å². The molecule has 1 aromatic carbocycles. The second-order valence-electron chi connectivity index (χ2n) is 5.96. The third-order valence-electron chi connectivity index (χ3n) is 3.35. The van der Waals surface area contributed by atoms with E-state index >= 15 is 0 Å². The van der Waals surface area contributed by atoms with Gasteiger partial charge in [-0.2, -0.15) is 0 Å². The quantitative estimate of drug-likeness (QED) is 0.591. The lowest BCUT2D eigenvalue weighted by Crippen LogP contribution is -2.33. The zero-order valence-electron chi connectivity index (χ0n) is 14.8. The Hall–Kier alpha value is -2.46. The Bertz CT molecular complexity index is 827. The van der Waals surface area contributed by atoms with Crippen LogP contribution in [0.25, 0.3) is 0 Å². The van der Waals surface area contributed by atoms with Gasteiger partial charge in [0, 0.05) is 12.1 Å². The van der Waals surface area contributed by atoms with Gasteiger partial charge in [0.2, 0.25) is 11.8 Å². The number of thioether (sulfide) groups is 1. The van der Waals surface area contributed by atoms with E-state index in [1.165, 1.54) is 10.8 Å². The standard InChI is InChI=1S/C17H20F2N4O3S/c1-10(2)21-15(25)7-23-12(8-24)6-20-17(23)27-9-16(26)22-14-4-3-11(18)5-13(14)19/h3-6,10,24H,7-9H2,1-2H3,(H,21,25)(H,22,26). The predicted molar refractivity (Wildman–Crippen MR) is 97.1 cm³/mol. The molecule has 2 amide bonds. The van der Waals surface area contributed by atoms with Crippen molar-refractivity contribution in [1.82, 2.24) is 14.9 Å². The van der Waals surface area contributed by atoms with Crippen LogP contribution in [0.5, 0.6) is 0 Å². The fraction of sp³-hybridized carbons (Fsp3) is 0.353. The number of benzene rings is 1. The van der Waals surface area contributed by atoms with E-state index in [1.54, 1.807) is 0 Å². The molecule has 0 saturated heterocycles. The molecule has 1 heterocycles. The van der Waals surface area contributed by atoms with Crippen molar-refractivity contribution in [2.45, 2.75) is 38.2 Å². The number of amides is 2. The van der Waals surface area contributed by atoms with Crippen LogP contribution in [0.3, 0.4) is 0 Å². The highest BCUT2D eigenvalue weighted by molar-refractivity contribution is 7.99. The molecule has 0 atom stereocenters. The van der Waals surface area contributed by atoms with Crippen LogP contribution in [0.2, 0.25) is 0 Å². The lowest BCUT2D eigenvalue weighted by atomic mass is 10.3. The molecule has 3 N–H and O–H groups in total. The molecule has 2 aromatic rings. The molecular weight excluding hydrogens is 378 g/mol. The highest BCUT2D eigenvalue weighted by Crippen LogP contribution is 2.20. The van der Waals surface area contributed by atoms with Gasteiger partial charge in [0.15, 0.2) is 5.16 Å². The third-order valence-corrected chi connectivity index (χ3v) is 4.34. The molecule has 0 aliphatic heterocycles. The summed E-state index contributed by atoms with van der Waals surface area (Å²) in [6, 6.07) is 2.82. The highest BCUT2D eigenvalue weighted by Gasteiger charge is 2.16. The van der Waals surface area contributed by atoms with E-state index in [-0.39, 0.29) is 36.5 Å². The maximum absolute atomic E-state index is 13.6. The number of halogens is 2. The molecule has 0 saturated carbocycles. The molecule has 0 unspecified atom stereocenters. The van der Waals surface area contributed by atoms with Crippen molar-refractivity contribution < 1.29 is 23.5 Å². The minimum absolute atomic E-state index is 0.0360. The van der Waals surface area contributed by atoms with Crippen molar-refractivity contribution in [1.29, 1.82) is 0 Å². The number of aromatic nitrogens is 2. The lowest BCUT2D eigenvalue weighted by molar-refractivity contribution is -0.122.